The summed E-state index contributed by atoms with van der Waals surface area (Å²) in [6.07, 6.45) is -22.9. The molecule has 0 spiro atoms. The maximum atomic E-state index is 12.6. The molecule has 15 atom stereocenters. The molecule has 3 aliphatic rings. The minimum Gasteiger partial charge on any atom is -0.479 e. The second kappa shape index (κ2) is 16.3. The molecule has 0 aliphatic carbocycles. The van der Waals surface area contributed by atoms with Crippen LogP contribution in [-0.2, 0) is 42.8 Å². The summed E-state index contributed by atoms with van der Waals surface area (Å²) >= 11 is 0. The Labute approximate surface area is 262 Å². The number of carboxylic acids is 2. The lowest BCUT2D eigenvalue weighted by Crippen LogP contribution is -2.70. The third-order valence-electron chi connectivity index (χ3n) is 8.00. The highest BCUT2D eigenvalue weighted by Gasteiger charge is 2.59. The van der Waals surface area contributed by atoms with Crippen LogP contribution in [-0.4, -0.2) is 187 Å². The fraction of sp³-hybridized carbons (Fsp3) is 0.885. The predicted molar refractivity (Wildman–Crippen MR) is 143 cm³/mol. The molecule has 3 fully saturated rings. The third-order valence-corrected chi connectivity index (χ3v) is 8.00. The van der Waals surface area contributed by atoms with Gasteiger partial charge in [-0.1, -0.05) is 0 Å². The average molecular weight is 674 g/mol. The number of amides is 1. The predicted octanol–water partition coefficient (Wildman–Crippen LogP) is -6.02. The molecule has 0 aromatic heterocycles. The van der Waals surface area contributed by atoms with Crippen LogP contribution in [0.25, 0.3) is 0 Å². The van der Waals surface area contributed by atoms with Crippen molar-refractivity contribution in [3.8, 4) is 0 Å². The first kappa shape index (κ1) is 38.3. The molecule has 0 unspecified atom stereocenters. The summed E-state index contributed by atoms with van der Waals surface area (Å²) in [5.41, 5.74) is 0. The number of carboxylic acid groups (broad SMARTS) is 2. The van der Waals surface area contributed by atoms with Crippen molar-refractivity contribution in [2.75, 3.05) is 26.4 Å². The Hall–Kier alpha value is -2.15. The normalized spacial score (nSPS) is 40.4. The van der Waals surface area contributed by atoms with E-state index in [-0.39, 0.29) is 19.6 Å². The number of aliphatic carboxylic acids is 2. The Bertz CT molecular complexity index is 1040. The lowest BCUT2D eigenvalue weighted by Gasteiger charge is -2.50. The maximum absolute atomic E-state index is 12.6. The van der Waals surface area contributed by atoms with Crippen LogP contribution in [0.1, 0.15) is 26.7 Å². The number of rotatable bonds is 14. The van der Waals surface area contributed by atoms with Gasteiger partial charge in [-0.15, -0.1) is 0 Å². The molecule has 0 aromatic carbocycles. The lowest BCUT2D eigenvalue weighted by atomic mass is 9.88. The molecular weight excluding hydrogens is 630 g/mol. The summed E-state index contributed by atoms with van der Waals surface area (Å²) in [7, 11) is 0. The van der Waals surface area contributed by atoms with Gasteiger partial charge in [0.1, 0.15) is 54.9 Å². The van der Waals surface area contributed by atoms with Crippen molar-refractivity contribution in [3.63, 3.8) is 0 Å². The van der Waals surface area contributed by atoms with E-state index in [1.54, 1.807) is 0 Å². The molecule has 0 radical (unpaired) electrons. The van der Waals surface area contributed by atoms with E-state index in [0.29, 0.717) is 0 Å². The Morgan fingerprint density at radius 1 is 1.02 bits per heavy atom. The number of ether oxygens (including phenoxy) is 6. The van der Waals surface area contributed by atoms with Crippen molar-refractivity contribution in [1.29, 1.82) is 0 Å². The van der Waals surface area contributed by atoms with Gasteiger partial charge in [-0.3, -0.25) is 4.79 Å². The Kier molecular flexibility index (Phi) is 13.6. The SMILES string of the molecule is CC(=O)N[C@H]1[C@H]([C@@H](O)[C@H](O)CO)O[C@@](O[C@H]2[C@@H](O)[C@@H](CO)O[C@@H](O[C@@H]3CCO[C@H](CO[C@@H](C)C(=O)O)[C@@H]3O)[C@@H]2O)(C(=O)O)C[C@@H]1O. The molecule has 3 rings (SSSR count). The summed E-state index contributed by atoms with van der Waals surface area (Å²) in [6.45, 7) is 0.0616. The van der Waals surface area contributed by atoms with Crippen LogP contribution in [0.15, 0.2) is 0 Å². The first-order valence-corrected chi connectivity index (χ1v) is 14.5. The van der Waals surface area contributed by atoms with Crippen LogP contribution >= 0.6 is 0 Å². The van der Waals surface area contributed by atoms with Crippen molar-refractivity contribution in [1.82, 2.24) is 5.32 Å². The van der Waals surface area contributed by atoms with Crippen molar-refractivity contribution in [2.45, 2.75) is 118 Å². The van der Waals surface area contributed by atoms with Gasteiger partial charge in [0.2, 0.25) is 5.91 Å². The van der Waals surface area contributed by atoms with Crippen LogP contribution in [0.2, 0.25) is 0 Å². The van der Waals surface area contributed by atoms with Crippen LogP contribution in [0.3, 0.4) is 0 Å². The van der Waals surface area contributed by atoms with Gasteiger partial charge in [-0.05, 0) is 13.3 Å². The maximum Gasteiger partial charge on any atom is 0.364 e. The highest BCUT2D eigenvalue weighted by molar-refractivity contribution is 5.76. The second-order valence-electron chi connectivity index (χ2n) is 11.3. The minimum atomic E-state index is -2.97. The largest absolute Gasteiger partial charge is 0.479 e. The van der Waals surface area contributed by atoms with Crippen LogP contribution in [0.5, 0.6) is 0 Å². The molecule has 266 valence electrons. The molecule has 0 bridgehead atoms. The fourth-order valence-corrected chi connectivity index (χ4v) is 5.40. The lowest BCUT2D eigenvalue weighted by molar-refractivity contribution is -0.376. The van der Waals surface area contributed by atoms with Crippen molar-refractivity contribution >= 4 is 17.8 Å². The number of carbonyl (C=O) groups is 3. The van der Waals surface area contributed by atoms with Gasteiger partial charge >= 0.3 is 11.9 Å². The summed E-state index contributed by atoms with van der Waals surface area (Å²) in [6, 6.07) is -1.51. The fourth-order valence-electron chi connectivity index (χ4n) is 5.40. The van der Waals surface area contributed by atoms with E-state index in [9.17, 15) is 60.3 Å². The Balaban J connectivity index is 1.86. The van der Waals surface area contributed by atoms with E-state index in [1.807, 2.05) is 0 Å². The molecule has 3 aliphatic heterocycles. The van der Waals surface area contributed by atoms with E-state index >= 15 is 0 Å². The smallest absolute Gasteiger partial charge is 0.364 e. The highest BCUT2D eigenvalue weighted by Crippen LogP contribution is 2.38. The van der Waals surface area contributed by atoms with Crippen LogP contribution < -0.4 is 5.32 Å². The minimum absolute atomic E-state index is 0.00126. The van der Waals surface area contributed by atoms with Crippen LogP contribution in [0.4, 0.5) is 0 Å². The monoisotopic (exact) mass is 673 g/mol. The van der Waals surface area contributed by atoms with Gasteiger partial charge in [0.25, 0.3) is 5.79 Å². The number of hydrogen-bond acceptors (Lipinski definition) is 17. The molecule has 0 aromatic rings. The first-order valence-electron chi connectivity index (χ1n) is 14.5. The van der Waals surface area contributed by atoms with E-state index in [4.69, 9.17) is 33.5 Å². The molecule has 1 amide bonds. The number of aliphatic hydroxyl groups is 8. The molecule has 3 saturated heterocycles. The summed E-state index contributed by atoms with van der Waals surface area (Å²) in [5.74, 6) is -6.87. The van der Waals surface area contributed by atoms with Gasteiger partial charge < -0.3 is 84.8 Å². The summed E-state index contributed by atoms with van der Waals surface area (Å²) < 4.78 is 33.0. The van der Waals surface area contributed by atoms with Crippen molar-refractivity contribution < 1.29 is 93.9 Å². The van der Waals surface area contributed by atoms with Gasteiger partial charge in [0, 0.05) is 20.0 Å². The van der Waals surface area contributed by atoms with Crippen LogP contribution in [0, 0.1) is 0 Å². The number of aliphatic hydroxyl groups excluding tert-OH is 8. The standard InChI is InChI=1S/C26H43NO19/c1-9(23(37)38)42-8-15-18(34)13(3-4-41-15)43-24-20(36)22(19(35)14(7-29)44-24)46-26(25(39)40)5-11(31)16(27-10(2)30)21(45-26)17(33)12(32)6-28/h9,11-22,24,28-29,31-36H,3-8H2,1-2H3,(H,27,30)(H,37,38)(H,39,40)/t9-,11-,12+,13+,14+,15+,16+,17-,18+,19-,20+,21+,22-,24+,26-/m0/s1. The molecule has 3 heterocycles. The molecule has 46 heavy (non-hydrogen) atoms. The Morgan fingerprint density at radius 3 is 2.26 bits per heavy atom. The topological polar surface area (TPSA) is 321 Å². The molecule has 20 heteroatoms. The van der Waals surface area contributed by atoms with Gasteiger partial charge in [-0.2, -0.15) is 0 Å². The molecule has 11 N–H and O–H groups in total. The average Bonchev–Trinajstić information content (AvgIpc) is 3.00. The molecular formula is C26H43NO19. The van der Waals surface area contributed by atoms with Crippen molar-refractivity contribution in [3.05, 3.63) is 0 Å². The quantitative estimate of drug-likeness (QED) is 0.0817. The highest BCUT2D eigenvalue weighted by atomic mass is 16.8. The van der Waals surface area contributed by atoms with Gasteiger partial charge in [0.15, 0.2) is 12.4 Å². The van der Waals surface area contributed by atoms with E-state index in [1.165, 1.54) is 6.92 Å². The van der Waals surface area contributed by atoms with Gasteiger partial charge in [0.05, 0.1) is 38.1 Å². The van der Waals surface area contributed by atoms with Gasteiger partial charge in [-0.25, -0.2) is 9.59 Å². The zero-order valence-electron chi connectivity index (χ0n) is 25.0. The zero-order chi connectivity index (χ0) is 34.5. The zero-order valence-corrected chi connectivity index (χ0v) is 25.0. The van der Waals surface area contributed by atoms with E-state index in [0.717, 1.165) is 6.92 Å². The van der Waals surface area contributed by atoms with E-state index < -0.39 is 129 Å². The number of nitrogens with one attached hydrogen (secondary N) is 1. The number of carbonyl (C=O) groups excluding carboxylic acids is 1. The Morgan fingerprint density at radius 2 is 1.70 bits per heavy atom. The summed E-state index contributed by atoms with van der Waals surface area (Å²) in [5, 5.41) is 105. The number of hydrogen-bond donors (Lipinski definition) is 11. The molecule has 20 nitrogen and oxygen atoms in total. The third kappa shape index (κ3) is 8.65. The summed E-state index contributed by atoms with van der Waals surface area (Å²) in [4.78, 5) is 35.4. The second-order valence-corrected chi connectivity index (χ2v) is 11.3. The van der Waals surface area contributed by atoms with E-state index in [2.05, 4.69) is 5.32 Å². The molecule has 0 saturated carbocycles. The van der Waals surface area contributed by atoms with Crippen molar-refractivity contribution in [2.24, 2.45) is 0 Å². The first-order chi connectivity index (χ1) is 21.6.